The van der Waals surface area contributed by atoms with Crippen molar-refractivity contribution in [3.05, 3.63) is 27.7 Å². The summed E-state index contributed by atoms with van der Waals surface area (Å²) in [4.78, 5) is 28.8. The lowest BCUT2D eigenvalue weighted by molar-refractivity contribution is -0.144. The molecule has 6 heteroatoms. The largest absolute Gasteiger partial charge is 0.329 e. The molecule has 0 N–H and O–H groups in total. The van der Waals surface area contributed by atoms with E-state index in [1.165, 1.54) is 0 Å². The standard InChI is InChI=1S/C15H16BrClN2O2/c1-2-12-14(20)18-7-3-4-13(18)15(21)19(12)9-5-6-10(16)11(17)8-9/h5-6,8,12-13H,2-4,7H2,1H3. The van der Waals surface area contributed by atoms with Crippen molar-refractivity contribution in [3.8, 4) is 0 Å². The number of hydrogen-bond donors (Lipinski definition) is 0. The maximum Gasteiger partial charge on any atom is 0.250 e. The molecule has 2 unspecified atom stereocenters. The third-order valence-corrected chi connectivity index (χ3v) is 5.46. The zero-order valence-electron chi connectivity index (χ0n) is 11.7. The van der Waals surface area contributed by atoms with Gasteiger partial charge in [0.15, 0.2) is 0 Å². The van der Waals surface area contributed by atoms with Crippen LogP contribution < -0.4 is 4.90 Å². The molecule has 21 heavy (non-hydrogen) atoms. The van der Waals surface area contributed by atoms with Crippen molar-refractivity contribution in [2.24, 2.45) is 0 Å². The van der Waals surface area contributed by atoms with Crippen LogP contribution in [0.1, 0.15) is 26.2 Å². The normalized spacial score (nSPS) is 25.5. The summed E-state index contributed by atoms with van der Waals surface area (Å²) in [5, 5.41) is 0.538. The lowest BCUT2D eigenvalue weighted by Gasteiger charge is -2.42. The van der Waals surface area contributed by atoms with Crippen LogP contribution in [0.2, 0.25) is 5.02 Å². The van der Waals surface area contributed by atoms with Gasteiger partial charge in [0, 0.05) is 16.7 Å². The Balaban J connectivity index is 2.03. The van der Waals surface area contributed by atoms with E-state index in [2.05, 4.69) is 15.9 Å². The van der Waals surface area contributed by atoms with E-state index in [0.29, 0.717) is 23.7 Å². The number of amides is 2. The van der Waals surface area contributed by atoms with Gasteiger partial charge in [0.25, 0.3) is 5.91 Å². The molecule has 0 bridgehead atoms. The third kappa shape index (κ3) is 2.36. The van der Waals surface area contributed by atoms with Crippen molar-refractivity contribution in [1.82, 2.24) is 4.90 Å². The number of carbonyl (C=O) groups is 2. The van der Waals surface area contributed by atoms with Gasteiger partial charge in [-0.15, -0.1) is 0 Å². The molecule has 0 saturated carbocycles. The van der Waals surface area contributed by atoms with Crippen LogP contribution >= 0.6 is 27.5 Å². The molecular weight excluding hydrogens is 356 g/mol. The number of hydrogen-bond acceptors (Lipinski definition) is 2. The molecule has 0 radical (unpaired) electrons. The summed E-state index contributed by atoms with van der Waals surface area (Å²) in [5.74, 6) is 0.0657. The Bertz CT molecular complexity index is 607. The SMILES string of the molecule is CCC1C(=O)N2CCCC2C(=O)N1c1ccc(Br)c(Cl)c1. The van der Waals surface area contributed by atoms with Crippen LogP contribution in [-0.2, 0) is 9.59 Å². The number of benzene rings is 1. The number of fused-ring (bicyclic) bond motifs is 1. The highest BCUT2D eigenvalue weighted by Crippen LogP contribution is 2.34. The number of anilines is 1. The molecule has 1 aromatic carbocycles. The van der Waals surface area contributed by atoms with Crippen molar-refractivity contribution in [2.45, 2.75) is 38.3 Å². The predicted molar refractivity (Wildman–Crippen MR) is 85.5 cm³/mol. The second-order valence-corrected chi connectivity index (χ2v) is 6.68. The van der Waals surface area contributed by atoms with Crippen LogP contribution in [0.25, 0.3) is 0 Å². The van der Waals surface area contributed by atoms with Gasteiger partial charge < -0.3 is 4.90 Å². The van der Waals surface area contributed by atoms with E-state index < -0.39 is 6.04 Å². The highest BCUT2D eigenvalue weighted by Gasteiger charge is 2.47. The number of nitrogens with zero attached hydrogens (tertiary/aromatic N) is 2. The van der Waals surface area contributed by atoms with E-state index in [9.17, 15) is 9.59 Å². The Kier molecular flexibility index (Phi) is 3.97. The number of piperazine rings is 1. The minimum atomic E-state index is -0.427. The number of rotatable bonds is 2. The molecule has 2 heterocycles. The first-order valence-electron chi connectivity index (χ1n) is 7.13. The summed E-state index contributed by atoms with van der Waals surface area (Å²) in [5.41, 5.74) is 0.694. The molecule has 1 aromatic rings. The fourth-order valence-corrected chi connectivity index (χ4v) is 3.62. The molecule has 2 aliphatic heterocycles. The molecule has 0 spiro atoms. The highest BCUT2D eigenvalue weighted by molar-refractivity contribution is 9.10. The van der Waals surface area contributed by atoms with Crippen molar-refractivity contribution >= 4 is 45.0 Å². The average Bonchev–Trinajstić information content (AvgIpc) is 2.95. The summed E-state index contributed by atoms with van der Waals surface area (Å²) >= 11 is 9.49. The molecule has 2 saturated heterocycles. The minimum absolute atomic E-state index is 0.0114. The van der Waals surface area contributed by atoms with Crippen molar-refractivity contribution in [1.29, 1.82) is 0 Å². The maximum atomic E-state index is 12.8. The smallest absolute Gasteiger partial charge is 0.250 e. The zero-order chi connectivity index (χ0) is 15.1. The average molecular weight is 372 g/mol. The van der Waals surface area contributed by atoms with E-state index >= 15 is 0 Å². The Morgan fingerprint density at radius 1 is 1.33 bits per heavy atom. The van der Waals surface area contributed by atoms with E-state index in [1.54, 1.807) is 15.9 Å². The molecular formula is C15H16BrClN2O2. The first-order valence-corrected chi connectivity index (χ1v) is 8.30. The minimum Gasteiger partial charge on any atom is -0.329 e. The second kappa shape index (κ2) is 5.61. The molecule has 4 nitrogen and oxygen atoms in total. The third-order valence-electron chi connectivity index (χ3n) is 4.22. The van der Waals surface area contributed by atoms with Gasteiger partial charge in [-0.1, -0.05) is 18.5 Å². The molecule has 0 aromatic heterocycles. The Morgan fingerprint density at radius 2 is 2.10 bits per heavy atom. The molecule has 3 rings (SSSR count). The van der Waals surface area contributed by atoms with Gasteiger partial charge in [0.1, 0.15) is 12.1 Å². The van der Waals surface area contributed by atoms with Gasteiger partial charge in [-0.05, 0) is 53.4 Å². The van der Waals surface area contributed by atoms with Crippen LogP contribution in [0.5, 0.6) is 0 Å². The van der Waals surface area contributed by atoms with Gasteiger partial charge >= 0.3 is 0 Å². The fraction of sp³-hybridized carbons (Fsp3) is 0.467. The van der Waals surface area contributed by atoms with Crippen LogP contribution in [0.15, 0.2) is 22.7 Å². The van der Waals surface area contributed by atoms with Crippen molar-refractivity contribution in [2.75, 3.05) is 11.4 Å². The maximum absolute atomic E-state index is 12.8. The lowest BCUT2D eigenvalue weighted by Crippen LogP contribution is -2.63. The quantitative estimate of drug-likeness (QED) is 0.801. The van der Waals surface area contributed by atoms with Crippen LogP contribution in [0.3, 0.4) is 0 Å². The van der Waals surface area contributed by atoms with Gasteiger partial charge in [-0.3, -0.25) is 14.5 Å². The predicted octanol–water partition coefficient (Wildman–Crippen LogP) is 3.22. The Hall–Kier alpha value is -1.07. The number of carbonyl (C=O) groups excluding carboxylic acids is 2. The van der Waals surface area contributed by atoms with Crippen molar-refractivity contribution < 1.29 is 9.59 Å². The van der Waals surface area contributed by atoms with E-state index in [1.807, 2.05) is 19.1 Å². The summed E-state index contributed by atoms with van der Waals surface area (Å²) in [6, 6.07) is 4.65. The highest BCUT2D eigenvalue weighted by atomic mass is 79.9. The van der Waals surface area contributed by atoms with Crippen LogP contribution in [0.4, 0.5) is 5.69 Å². The van der Waals surface area contributed by atoms with E-state index in [4.69, 9.17) is 11.6 Å². The van der Waals surface area contributed by atoms with Gasteiger partial charge in [-0.25, -0.2) is 0 Å². The monoisotopic (exact) mass is 370 g/mol. The topological polar surface area (TPSA) is 40.6 Å². The van der Waals surface area contributed by atoms with Gasteiger partial charge in [0.05, 0.1) is 5.02 Å². The first-order chi connectivity index (χ1) is 10.0. The molecule has 0 aliphatic carbocycles. The molecule has 2 aliphatic rings. The fourth-order valence-electron chi connectivity index (χ4n) is 3.20. The molecule has 2 atom stereocenters. The Labute approximate surface area is 137 Å². The van der Waals surface area contributed by atoms with Crippen LogP contribution in [-0.4, -0.2) is 35.3 Å². The second-order valence-electron chi connectivity index (χ2n) is 5.42. The van der Waals surface area contributed by atoms with Crippen molar-refractivity contribution in [3.63, 3.8) is 0 Å². The summed E-state index contributed by atoms with van der Waals surface area (Å²) in [6.07, 6.45) is 2.25. The lowest BCUT2D eigenvalue weighted by atomic mass is 10.0. The molecule has 2 fully saturated rings. The summed E-state index contributed by atoms with van der Waals surface area (Å²) in [7, 11) is 0. The number of halogens is 2. The van der Waals surface area contributed by atoms with Gasteiger partial charge in [0.2, 0.25) is 5.91 Å². The van der Waals surface area contributed by atoms with E-state index in [-0.39, 0.29) is 17.9 Å². The van der Waals surface area contributed by atoms with E-state index in [0.717, 1.165) is 17.3 Å². The molecule has 2 amide bonds. The molecule has 112 valence electrons. The zero-order valence-corrected chi connectivity index (χ0v) is 14.0. The summed E-state index contributed by atoms with van der Waals surface area (Å²) < 4.78 is 0.777. The van der Waals surface area contributed by atoms with Crippen LogP contribution in [0, 0.1) is 0 Å². The summed E-state index contributed by atoms with van der Waals surface area (Å²) in [6.45, 7) is 2.63. The first kappa shape index (κ1) is 14.9. The Morgan fingerprint density at radius 3 is 2.76 bits per heavy atom. The van der Waals surface area contributed by atoms with Gasteiger partial charge in [-0.2, -0.15) is 0 Å².